The lowest BCUT2D eigenvalue weighted by Crippen LogP contribution is -2.45. The highest BCUT2D eigenvalue weighted by molar-refractivity contribution is 5.97. The van der Waals surface area contributed by atoms with Crippen molar-refractivity contribution in [2.24, 2.45) is 0 Å². The first-order valence-corrected chi connectivity index (χ1v) is 12.2. The lowest BCUT2D eigenvalue weighted by Gasteiger charge is -2.29. The van der Waals surface area contributed by atoms with E-state index in [1.807, 2.05) is 49.4 Å². The molecule has 36 heavy (non-hydrogen) atoms. The molecule has 0 aliphatic carbocycles. The summed E-state index contributed by atoms with van der Waals surface area (Å²) < 4.78 is 22.3. The maximum atomic E-state index is 13.7. The Morgan fingerprint density at radius 3 is 2.61 bits per heavy atom. The van der Waals surface area contributed by atoms with Crippen molar-refractivity contribution in [1.82, 2.24) is 9.80 Å². The zero-order chi connectivity index (χ0) is 24.9. The van der Waals surface area contributed by atoms with Crippen LogP contribution >= 0.6 is 0 Å². The Morgan fingerprint density at radius 1 is 0.972 bits per heavy atom. The van der Waals surface area contributed by atoms with E-state index in [9.17, 15) is 9.59 Å². The third-order valence-corrected chi connectivity index (χ3v) is 6.53. The van der Waals surface area contributed by atoms with Gasteiger partial charge >= 0.3 is 0 Å². The summed E-state index contributed by atoms with van der Waals surface area (Å²) in [6, 6.07) is 16.7. The van der Waals surface area contributed by atoms with Crippen molar-refractivity contribution >= 4 is 11.8 Å². The number of fused-ring (bicyclic) bond motifs is 1. The van der Waals surface area contributed by atoms with E-state index in [2.05, 4.69) is 0 Å². The number of rotatable bonds is 9. The molecule has 3 aromatic rings. The van der Waals surface area contributed by atoms with Crippen LogP contribution < -0.4 is 9.47 Å². The van der Waals surface area contributed by atoms with Crippen molar-refractivity contribution < 1.29 is 28.2 Å². The van der Waals surface area contributed by atoms with Crippen LogP contribution in [0.5, 0.6) is 11.5 Å². The summed E-state index contributed by atoms with van der Waals surface area (Å²) in [5.74, 6) is 1.67. The van der Waals surface area contributed by atoms with Gasteiger partial charge in [-0.3, -0.25) is 9.59 Å². The fourth-order valence-corrected chi connectivity index (χ4v) is 4.58. The Bertz CT molecular complexity index is 1200. The molecule has 2 aliphatic rings. The molecule has 0 spiro atoms. The molecule has 0 radical (unpaired) electrons. The van der Waals surface area contributed by atoms with E-state index < -0.39 is 0 Å². The monoisotopic (exact) mass is 490 g/mol. The lowest BCUT2D eigenvalue weighted by atomic mass is 10.1. The van der Waals surface area contributed by atoms with Gasteiger partial charge in [-0.05, 0) is 61.2 Å². The molecule has 1 aromatic heterocycles. The molecule has 2 amide bonds. The van der Waals surface area contributed by atoms with Crippen LogP contribution in [0.4, 0.5) is 0 Å². The quantitative estimate of drug-likeness (QED) is 0.448. The number of hydrogen-bond donors (Lipinski definition) is 0. The predicted octanol–water partition coefficient (Wildman–Crippen LogP) is 4.17. The second-order valence-corrected chi connectivity index (χ2v) is 9.15. The molecule has 0 saturated carbocycles. The summed E-state index contributed by atoms with van der Waals surface area (Å²) >= 11 is 0. The summed E-state index contributed by atoms with van der Waals surface area (Å²) in [6.07, 6.45) is 3.35. The maximum Gasteiger partial charge on any atom is 0.254 e. The Balaban J connectivity index is 1.37. The van der Waals surface area contributed by atoms with Crippen molar-refractivity contribution in [3.8, 4) is 11.5 Å². The molecule has 1 saturated heterocycles. The SMILES string of the molecule is Cc1ccccc1C(=O)N(CC(=O)N(Cc1ccc2c(c1)OCO2)Cc1ccco1)C[C@@H]1CCCO1. The number of furan rings is 1. The van der Waals surface area contributed by atoms with Gasteiger partial charge in [0, 0.05) is 25.3 Å². The van der Waals surface area contributed by atoms with Crippen LogP contribution in [-0.2, 0) is 22.6 Å². The smallest absolute Gasteiger partial charge is 0.254 e. The molecular formula is C28H30N2O6. The molecule has 0 N–H and O–H groups in total. The lowest BCUT2D eigenvalue weighted by molar-refractivity contribution is -0.133. The first kappa shape index (κ1) is 23.9. The molecular weight excluding hydrogens is 460 g/mol. The maximum absolute atomic E-state index is 13.7. The topological polar surface area (TPSA) is 81.5 Å². The first-order chi connectivity index (χ1) is 17.6. The highest BCUT2D eigenvalue weighted by Gasteiger charge is 2.28. The molecule has 2 aliphatic heterocycles. The number of benzene rings is 2. The van der Waals surface area contributed by atoms with Gasteiger partial charge in [-0.1, -0.05) is 24.3 Å². The largest absolute Gasteiger partial charge is 0.467 e. The van der Waals surface area contributed by atoms with Gasteiger partial charge in [0.05, 0.1) is 18.9 Å². The van der Waals surface area contributed by atoms with Crippen LogP contribution in [0.1, 0.15) is 40.1 Å². The average molecular weight is 491 g/mol. The van der Waals surface area contributed by atoms with Crippen LogP contribution in [0.2, 0.25) is 0 Å². The fraction of sp³-hybridized carbons (Fsp3) is 0.357. The van der Waals surface area contributed by atoms with Crippen molar-refractivity contribution in [1.29, 1.82) is 0 Å². The normalized spacial score (nSPS) is 16.2. The molecule has 0 unspecified atom stereocenters. The fourth-order valence-electron chi connectivity index (χ4n) is 4.58. The van der Waals surface area contributed by atoms with Crippen LogP contribution in [0, 0.1) is 6.92 Å². The molecule has 188 valence electrons. The number of nitrogens with zero attached hydrogens (tertiary/aromatic N) is 2. The van der Waals surface area contributed by atoms with Gasteiger partial charge in [-0.15, -0.1) is 0 Å². The number of carbonyl (C=O) groups excluding carboxylic acids is 2. The number of ether oxygens (including phenoxy) is 3. The van der Waals surface area contributed by atoms with Crippen LogP contribution in [-0.4, -0.2) is 54.2 Å². The third kappa shape index (κ3) is 5.54. The van der Waals surface area contributed by atoms with Gasteiger partial charge in [0.2, 0.25) is 12.7 Å². The number of aryl methyl sites for hydroxylation is 1. The second kappa shape index (κ2) is 10.9. The summed E-state index contributed by atoms with van der Waals surface area (Å²) in [4.78, 5) is 30.6. The average Bonchev–Trinajstić information content (AvgIpc) is 3.66. The Hall–Kier alpha value is -3.78. The third-order valence-electron chi connectivity index (χ3n) is 6.53. The highest BCUT2D eigenvalue weighted by Crippen LogP contribution is 2.33. The zero-order valence-electron chi connectivity index (χ0n) is 20.4. The van der Waals surface area contributed by atoms with E-state index >= 15 is 0 Å². The number of carbonyl (C=O) groups is 2. The minimum atomic E-state index is -0.177. The summed E-state index contributed by atoms with van der Waals surface area (Å²) in [7, 11) is 0. The zero-order valence-corrected chi connectivity index (χ0v) is 20.4. The highest BCUT2D eigenvalue weighted by atomic mass is 16.7. The van der Waals surface area contributed by atoms with E-state index in [-0.39, 0.29) is 37.8 Å². The summed E-state index contributed by atoms with van der Waals surface area (Å²) in [5, 5.41) is 0. The van der Waals surface area contributed by atoms with Gasteiger partial charge in [0.15, 0.2) is 11.5 Å². The van der Waals surface area contributed by atoms with Gasteiger partial charge in [-0.25, -0.2) is 0 Å². The van der Waals surface area contributed by atoms with E-state index in [4.69, 9.17) is 18.6 Å². The van der Waals surface area contributed by atoms with Gasteiger partial charge in [-0.2, -0.15) is 0 Å². The van der Waals surface area contributed by atoms with Crippen LogP contribution in [0.25, 0.3) is 0 Å². The molecule has 3 heterocycles. The Labute approximate surface area is 210 Å². The summed E-state index contributed by atoms with van der Waals surface area (Å²) in [6.45, 7) is 3.71. The van der Waals surface area contributed by atoms with Crippen molar-refractivity contribution in [3.63, 3.8) is 0 Å². The minimum absolute atomic E-state index is 0.0573. The minimum Gasteiger partial charge on any atom is -0.467 e. The van der Waals surface area contributed by atoms with Gasteiger partial charge in [0.25, 0.3) is 5.91 Å². The van der Waals surface area contributed by atoms with E-state index in [1.165, 1.54) is 0 Å². The van der Waals surface area contributed by atoms with Gasteiger partial charge < -0.3 is 28.4 Å². The first-order valence-electron chi connectivity index (χ1n) is 12.2. The molecule has 8 nitrogen and oxygen atoms in total. The predicted molar refractivity (Wildman–Crippen MR) is 132 cm³/mol. The Morgan fingerprint density at radius 2 is 1.83 bits per heavy atom. The standard InChI is InChI=1S/C28H30N2O6/c1-20-6-2-3-9-24(20)28(32)30(17-23-8-5-13-34-23)18-27(31)29(16-22-7-4-12-33-22)15-21-10-11-25-26(14-21)36-19-35-25/h2-4,6-7,9-12,14,23H,5,8,13,15-19H2,1H3/t23-/m0/s1. The Kier molecular flexibility index (Phi) is 7.23. The molecule has 1 fully saturated rings. The van der Waals surface area contributed by atoms with E-state index in [1.54, 1.807) is 28.2 Å². The molecule has 0 bridgehead atoms. The molecule has 5 rings (SSSR count). The van der Waals surface area contributed by atoms with E-state index in [0.717, 1.165) is 24.0 Å². The molecule has 1 atom stereocenters. The van der Waals surface area contributed by atoms with E-state index in [0.29, 0.717) is 42.5 Å². The number of hydrogen-bond acceptors (Lipinski definition) is 6. The number of amides is 2. The summed E-state index contributed by atoms with van der Waals surface area (Å²) in [5.41, 5.74) is 2.37. The van der Waals surface area contributed by atoms with Crippen LogP contribution in [0.15, 0.2) is 65.3 Å². The second-order valence-electron chi connectivity index (χ2n) is 9.15. The van der Waals surface area contributed by atoms with Crippen molar-refractivity contribution in [2.45, 2.75) is 39.0 Å². The van der Waals surface area contributed by atoms with Gasteiger partial charge in [0.1, 0.15) is 12.3 Å². The van der Waals surface area contributed by atoms with Crippen LogP contribution in [0.3, 0.4) is 0 Å². The molecule has 8 heteroatoms. The van der Waals surface area contributed by atoms with Crippen molar-refractivity contribution in [3.05, 3.63) is 83.3 Å². The van der Waals surface area contributed by atoms with Crippen molar-refractivity contribution in [2.75, 3.05) is 26.5 Å². The molecule has 2 aromatic carbocycles.